The summed E-state index contributed by atoms with van der Waals surface area (Å²) in [7, 11) is 0. The molecule has 3 aromatic rings. The zero-order valence-corrected chi connectivity index (χ0v) is 13.7. The van der Waals surface area contributed by atoms with Gasteiger partial charge in [0.1, 0.15) is 0 Å². The summed E-state index contributed by atoms with van der Waals surface area (Å²) in [4.78, 5) is 12.2. The van der Waals surface area contributed by atoms with Crippen LogP contribution in [-0.4, -0.2) is 5.91 Å². The molecular weight excluding hydrogens is 310 g/mol. The van der Waals surface area contributed by atoms with E-state index in [0.717, 1.165) is 16.7 Å². The Kier molecular flexibility index (Phi) is 4.81. The molecule has 4 N–H and O–H groups in total. The number of benzene rings is 3. The monoisotopic (exact) mass is 329 g/mol. The first kappa shape index (κ1) is 16.3. The number of nitrogens with two attached hydrogens (primary N) is 1. The Hall–Kier alpha value is -3.53. The molecule has 4 heteroatoms. The Morgan fingerprint density at radius 2 is 1.28 bits per heavy atom. The summed E-state index contributed by atoms with van der Waals surface area (Å²) in [5.74, 6) is -0.226. The lowest BCUT2D eigenvalue weighted by atomic mass is 10.0. The van der Waals surface area contributed by atoms with Gasteiger partial charge in [-0.15, -0.1) is 0 Å². The molecule has 124 valence electrons. The van der Waals surface area contributed by atoms with Gasteiger partial charge in [0.2, 0.25) is 0 Å². The van der Waals surface area contributed by atoms with Gasteiger partial charge in [-0.2, -0.15) is 0 Å². The van der Waals surface area contributed by atoms with Crippen molar-refractivity contribution in [2.24, 2.45) is 0 Å². The molecule has 3 aromatic carbocycles. The third kappa shape index (κ3) is 4.06. The maximum atomic E-state index is 12.2. The Morgan fingerprint density at radius 3 is 1.92 bits per heavy atom. The molecule has 4 nitrogen and oxygen atoms in total. The van der Waals surface area contributed by atoms with Gasteiger partial charge < -0.3 is 5.73 Å². The van der Waals surface area contributed by atoms with Crippen molar-refractivity contribution in [3.63, 3.8) is 0 Å². The summed E-state index contributed by atoms with van der Waals surface area (Å²) >= 11 is 0. The van der Waals surface area contributed by atoms with Crippen molar-refractivity contribution in [3.8, 4) is 11.1 Å². The standard InChI is InChI=1S/C21H19N3O/c1-15(16-11-13-20(22)14-12-16)23-24-21(25)19-9-7-18(8-10-19)17-5-3-2-4-6-17/h2-14,23H,1,22H2,(H,24,25). The van der Waals surface area contributed by atoms with Crippen LogP contribution < -0.4 is 16.6 Å². The highest BCUT2D eigenvalue weighted by atomic mass is 16.2. The van der Waals surface area contributed by atoms with E-state index in [1.165, 1.54) is 0 Å². The molecule has 25 heavy (non-hydrogen) atoms. The van der Waals surface area contributed by atoms with Crippen molar-refractivity contribution in [2.75, 3.05) is 5.73 Å². The van der Waals surface area contributed by atoms with Gasteiger partial charge in [0, 0.05) is 11.3 Å². The van der Waals surface area contributed by atoms with Gasteiger partial charge in [-0.3, -0.25) is 15.6 Å². The average molecular weight is 329 g/mol. The lowest BCUT2D eigenvalue weighted by Crippen LogP contribution is -2.35. The van der Waals surface area contributed by atoms with E-state index in [-0.39, 0.29) is 5.91 Å². The summed E-state index contributed by atoms with van der Waals surface area (Å²) in [5, 5.41) is 0. The van der Waals surface area contributed by atoms with Crippen LogP contribution in [0.5, 0.6) is 0 Å². The molecule has 0 spiro atoms. The van der Waals surface area contributed by atoms with E-state index < -0.39 is 0 Å². The van der Waals surface area contributed by atoms with Crippen molar-refractivity contribution < 1.29 is 4.79 Å². The Bertz CT molecular complexity index is 869. The van der Waals surface area contributed by atoms with Crippen molar-refractivity contribution in [2.45, 2.75) is 0 Å². The first-order chi connectivity index (χ1) is 12.1. The number of anilines is 1. The van der Waals surface area contributed by atoms with Gasteiger partial charge in [0.05, 0.1) is 5.70 Å². The largest absolute Gasteiger partial charge is 0.399 e. The number of nitrogens with one attached hydrogen (secondary N) is 2. The van der Waals surface area contributed by atoms with Crippen LogP contribution in [0.3, 0.4) is 0 Å². The van der Waals surface area contributed by atoms with Crippen molar-refractivity contribution in [1.29, 1.82) is 0 Å². The quantitative estimate of drug-likeness (QED) is 0.492. The van der Waals surface area contributed by atoms with E-state index in [9.17, 15) is 4.79 Å². The van der Waals surface area contributed by atoms with E-state index in [1.54, 1.807) is 24.3 Å². The SMILES string of the molecule is C=C(NNC(=O)c1ccc(-c2ccccc2)cc1)c1ccc(N)cc1. The molecule has 3 rings (SSSR count). The highest BCUT2D eigenvalue weighted by Gasteiger charge is 2.06. The first-order valence-electron chi connectivity index (χ1n) is 7.90. The number of nitrogen functional groups attached to an aromatic ring is 1. The summed E-state index contributed by atoms with van der Waals surface area (Å²) in [6, 6.07) is 24.7. The molecule has 0 bridgehead atoms. The predicted molar refractivity (Wildman–Crippen MR) is 102 cm³/mol. The fourth-order valence-corrected chi connectivity index (χ4v) is 2.41. The second-order valence-corrected chi connectivity index (χ2v) is 5.62. The van der Waals surface area contributed by atoms with Crippen molar-refractivity contribution >= 4 is 17.3 Å². The molecule has 0 radical (unpaired) electrons. The third-order valence-electron chi connectivity index (χ3n) is 3.84. The van der Waals surface area contributed by atoms with Gasteiger partial charge >= 0.3 is 0 Å². The molecule has 0 saturated heterocycles. The molecule has 0 aliphatic heterocycles. The Balaban J connectivity index is 1.61. The van der Waals surface area contributed by atoms with Crippen LogP contribution in [0, 0.1) is 0 Å². The minimum atomic E-state index is -0.226. The lowest BCUT2D eigenvalue weighted by Gasteiger charge is -2.12. The second kappa shape index (κ2) is 7.36. The van der Waals surface area contributed by atoms with Crippen molar-refractivity contribution in [3.05, 3.63) is 96.6 Å². The van der Waals surface area contributed by atoms with Crippen LogP contribution >= 0.6 is 0 Å². The van der Waals surface area contributed by atoms with Crippen LogP contribution in [0.4, 0.5) is 5.69 Å². The first-order valence-corrected chi connectivity index (χ1v) is 7.90. The minimum absolute atomic E-state index is 0.226. The van der Waals surface area contributed by atoms with E-state index in [2.05, 4.69) is 17.4 Å². The zero-order chi connectivity index (χ0) is 17.6. The predicted octanol–water partition coefficient (Wildman–Crippen LogP) is 3.84. The number of hydrogen-bond acceptors (Lipinski definition) is 3. The zero-order valence-electron chi connectivity index (χ0n) is 13.7. The number of hydrogen-bond donors (Lipinski definition) is 3. The number of carbonyl (C=O) groups excluding carboxylic acids is 1. The topological polar surface area (TPSA) is 67.1 Å². The number of amides is 1. The number of rotatable bonds is 5. The molecule has 0 aromatic heterocycles. The number of hydrazine groups is 1. The van der Waals surface area contributed by atoms with E-state index in [1.807, 2.05) is 54.6 Å². The molecule has 0 saturated carbocycles. The summed E-state index contributed by atoms with van der Waals surface area (Å²) in [6.07, 6.45) is 0. The molecular formula is C21H19N3O. The molecule has 1 amide bonds. The molecule has 0 aliphatic rings. The van der Waals surface area contributed by atoms with Crippen LogP contribution in [0.25, 0.3) is 16.8 Å². The maximum Gasteiger partial charge on any atom is 0.269 e. The third-order valence-corrected chi connectivity index (χ3v) is 3.84. The van der Waals surface area contributed by atoms with Gasteiger partial charge in [-0.1, -0.05) is 61.2 Å². The summed E-state index contributed by atoms with van der Waals surface area (Å²) in [6.45, 7) is 3.91. The fraction of sp³-hybridized carbons (Fsp3) is 0. The molecule has 0 heterocycles. The van der Waals surface area contributed by atoms with Gasteiger partial charge in [0.15, 0.2) is 0 Å². The molecule has 0 fully saturated rings. The van der Waals surface area contributed by atoms with Gasteiger partial charge in [-0.05, 0) is 41.0 Å². The van der Waals surface area contributed by atoms with Crippen LogP contribution in [0.2, 0.25) is 0 Å². The van der Waals surface area contributed by atoms with E-state index in [0.29, 0.717) is 16.9 Å². The second-order valence-electron chi connectivity index (χ2n) is 5.62. The van der Waals surface area contributed by atoms with Gasteiger partial charge in [-0.25, -0.2) is 0 Å². The smallest absolute Gasteiger partial charge is 0.269 e. The molecule has 0 atom stereocenters. The normalized spacial score (nSPS) is 10.1. The summed E-state index contributed by atoms with van der Waals surface area (Å²) < 4.78 is 0. The minimum Gasteiger partial charge on any atom is -0.399 e. The van der Waals surface area contributed by atoms with Gasteiger partial charge in [0.25, 0.3) is 5.91 Å². The average Bonchev–Trinajstić information content (AvgIpc) is 2.67. The Labute approximate surface area is 147 Å². The van der Waals surface area contributed by atoms with Crippen LogP contribution in [-0.2, 0) is 0 Å². The Morgan fingerprint density at radius 1 is 0.720 bits per heavy atom. The molecule has 0 aliphatic carbocycles. The van der Waals surface area contributed by atoms with Crippen molar-refractivity contribution in [1.82, 2.24) is 10.9 Å². The summed E-state index contributed by atoms with van der Waals surface area (Å²) in [5.41, 5.74) is 16.0. The van der Waals surface area contributed by atoms with E-state index >= 15 is 0 Å². The van der Waals surface area contributed by atoms with Crippen LogP contribution in [0.1, 0.15) is 15.9 Å². The number of carbonyl (C=O) groups is 1. The molecule has 0 unspecified atom stereocenters. The highest BCUT2D eigenvalue weighted by molar-refractivity contribution is 5.94. The fourth-order valence-electron chi connectivity index (χ4n) is 2.41. The maximum absolute atomic E-state index is 12.2. The highest BCUT2D eigenvalue weighted by Crippen LogP contribution is 2.19. The van der Waals surface area contributed by atoms with Crippen LogP contribution in [0.15, 0.2) is 85.4 Å². The van der Waals surface area contributed by atoms with E-state index in [4.69, 9.17) is 5.73 Å². The lowest BCUT2D eigenvalue weighted by molar-refractivity contribution is 0.0942.